The third kappa shape index (κ3) is 4.02. The molecule has 2 aromatic heterocycles. The summed E-state index contributed by atoms with van der Waals surface area (Å²) in [5.74, 6) is 1.95. The number of aromatic nitrogens is 2. The number of benzene rings is 2. The molecule has 0 fully saturated rings. The molecule has 3 heterocycles. The fraction of sp³-hybridized carbons (Fsp3) is 0.174. The number of rotatable bonds is 5. The third-order valence-electron chi connectivity index (χ3n) is 4.93. The number of thiophene rings is 1. The van der Waals surface area contributed by atoms with Gasteiger partial charge in [0.1, 0.15) is 6.10 Å². The van der Waals surface area contributed by atoms with Gasteiger partial charge >= 0.3 is 0 Å². The van der Waals surface area contributed by atoms with Crippen molar-refractivity contribution >= 4 is 22.9 Å². The van der Waals surface area contributed by atoms with Crippen LogP contribution in [-0.2, 0) is 11.2 Å². The largest absolute Gasteiger partial charge is 0.482 e. The average molecular weight is 433 g/mol. The minimum absolute atomic E-state index is 0.278. The quantitative estimate of drug-likeness (QED) is 0.497. The van der Waals surface area contributed by atoms with E-state index in [0.717, 1.165) is 10.4 Å². The smallest absolute Gasteiger partial charge is 0.269 e. The average Bonchev–Trinajstić information content (AvgIpc) is 3.46. The van der Waals surface area contributed by atoms with E-state index in [2.05, 4.69) is 15.5 Å². The number of hydrogen-bond donors (Lipinski definition) is 1. The Kier molecular flexibility index (Phi) is 5.13. The molecule has 0 bridgehead atoms. The number of anilines is 1. The Morgan fingerprint density at radius 2 is 1.81 bits per heavy atom. The van der Waals surface area contributed by atoms with Crippen LogP contribution in [-0.4, -0.2) is 28.3 Å². The maximum atomic E-state index is 13.0. The number of carbonyl (C=O) groups excluding carboxylic acids is 1. The molecular formula is C23H19N3O4S. The lowest BCUT2D eigenvalue weighted by molar-refractivity contribution is -0.128. The summed E-state index contributed by atoms with van der Waals surface area (Å²) < 4.78 is 17.2. The fourth-order valence-electron chi connectivity index (χ4n) is 3.40. The molecule has 2 aromatic carbocycles. The predicted octanol–water partition coefficient (Wildman–Crippen LogP) is 4.56. The molecule has 0 radical (unpaired) electrons. The Morgan fingerprint density at radius 1 is 1.03 bits per heavy atom. The van der Waals surface area contributed by atoms with E-state index in [4.69, 9.17) is 14.0 Å². The van der Waals surface area contributed by atoms with E-state index in [1.165, 1.54) is 0 Å². The van der Waals surface area contributed by atoms with Crippen LogP contribution in [0, 0.1) is 0 Å². The van der Waals surface area contributed by atoms with Crippen molar-refractivity contribution in [2.24, 2.45) is 0 Å². The number of ether oxygens (including phenoxy) is 2. The molecule has 1 N–H and O–H groups in total. The summed E-state index contributed by atoms with van der Waals surface area (Å²) in [4.78, 5) is 18.4. The lowest BCUT2D eigenvalue weighted by Gasteiger charge is -2.31. The van der Waals surface area contributed by atoms with E-state index in [1.807, 2.05) is 66.9 Å². The van der Waals surface area contributed by atoms with Crippen molar-refractivity contribution in [2.75, 3.05) is 5.32 Å². The summed E-state index contributed by atoms with van der Waals surface area (Å²) in [7, 11) is 0. The van der Waals surface area contributed by atoms with Crippen LogP contribution in [0.1, 0.15) is 18.4 Å². The van der Waals surface area contributed by atoms with E-state index < -0.39 is 12.2 Å². The fourth-order valence-corrected chi connectivity index (χ4v) is 4.05. The van der Waals surface area contributed by atoms with E-state index in [0.29, 0.717) is 35.3 Å². The second kappa shape index (κ2) is 8.23. The van der Waals surface area contributed by atoms with Crippen molar-refractivity contribution in [1.29, 1.82) is 0 Å². The first-order valence-corrected chi connectivity index (χ1v) is 10.7. The maximum absolute atomic E-state index is 13.0. The van der Waals surface area contributed by atoms with Crippen LogP contribution < -0.4 is 14.8 Å². The molecule has 0 saturated heterocycles. The first-order valence-electron chi connectivity index (χ1n) is 9.85. The van der Waals surface area contributed by atoms with Gasteiger partial charge in [0.25, 0.3) is 5.91 Å². The third-order valence-corrected chi connectivity index (χ3v) is 5.79. The van der Waals surface area contributed by atoms with E-state index in [1.54, 1.807) is 17.4 Å². The summed E-state index contributed by atoms with van der Waals surface area (Å²) in [6.07, 6.45) is -0.793. The Hall–Kier alpha value is -3.65. The highest BCUT2D eigenvalue weighted by atomic mass is 32.1. The van der Waals surface area contributed by atoms with Crippen molar-refractivity contribution in [2.45, 2.75) is 25.6 Å². The van der Waals surface area contributed by atoms with Gasteiger partial charge in [-0.15, -0.1) is 11.3 Å². The molecule has 0 unspecified atom stereocenters. The Labute approximate surface area is 182 Å². The second-order valence-electron chi connectivity index (χ2n) is 7.12. The lowest BCUT2D eigenvalue weighted by atomic mass is 10.1. The molecule has 4 aromatic rings. The van der Waals surface area contributed by atoms with Crippen molar-refractivity contribution in [3.63, 3.8) is 0 Å². The Morgan fingerprint density at radius 3 is 2.61 bits per heavy atom. The number of carbonyl (C=O) groups is 1. The summed E-state index contributed by atoms with van der Waals surface area (Å²) >= 11 is 1.55. The molecule has 8 heteroatoms. The van der Waals surface area contributed by atoms with Crippen molar-refractivity contribution in [3.8, 4) is 22.2 Å². The SMILES string of the molecule is C[C@H]1Oc2ccccc2O[C@H]1C(=O)Nc1ccccc1Cc1nc(-c2cccs2)no1. The van der Waals surface area contributed by atoms with E-state index in [-0.39, 0.29) is 5.91 Å². The number of para-hydroxylation sites is 3. The van der Waals surface area contributed by atoms with Gasteiger partial charge in [-0.3, -0.25) is 4.79 Å². The van der Waals surface area contributed by atoms with Gasteiger partial charge in [0.2, 0.25) is 17.8 Å². The molecule has 31 heavy (non-hydrogen) atoms. The number of fused-ring (bicyclic) bond motifs is 1. The van der Waals surface area contributed by atoms with Crippen LogP contribution in [0.15, 0.2) is 70.6 Å². The highest BCUT2D eigenvalue weighted by Crippen LogP contribution is 2.34. The summed E-state index contributed by atoms with van der Waals surface area (Å²) in [5, 5.41) is 8.98. The van der Waals surface area contributed by atoms with Crippen LogP contribution in [0.4, 0.5) is 5.69 Å². The zero-order valence-corrected chi connectivity index (χ0v) is 17.5. The number of amides is 1. The van der Waals surface area contributed by atoms with Gasteiger partial charge in [-0.05, 0) is 42.1 Å². The van der Waals surface area contributed by atoms with Crippen LogP contribution in [0.5, 0.6) is 11.5 Å². The van der Waals surface area contributed by atoms with Gasteiger partial charge in [0, 0.05) is 5.69 Å². The molecule has 2 atom stereocenters. The molecule has 0 aliphatic carbocycles. The Bertz CT molecular complexity index is 1210. The zero-order valence-electron chi connectivity index (χ0n) is 16.6. The molecule has 1 aliphatic rings. The van der Waals surface area contributed by atoms with E-state index in [9.17, 15) is 4.79 Å². The van der Waals surface area contributed by atoms with E-state index >= 15 is 0 Å². The number of nitrogens with one attached hydrogen (secondary N) is 1. The normalized spacial score (nSPS) is 17.3. The molecule has 1 aliphatic heterocycles. The van der Waals surface area contributed by atoms with Crippen molar-refractivity contribution in [3.05, 3.63) is 77.5 Å². The van der Waals surface area contributed by atoms with Crippen molar-refractivity contribution in [1.82, 2.24) is 10.1 Å². The molecule has 1 amide bonds. The van der Waals surface area contributed by atoms with Gasteiger partial charge in [0.15, 0.2) is 11.5 Å². The minimum atomic E-state index is -0.767. The molecular weight excluding hydrogens is 414 g/mol. The zero-order chi connectivity index (χ0) is 21.2. The topological polar surface area (TPSA) is 86.5 Å². The highest BCUT2D eigenvalue weighted by molar-refractivity contribution is 7.13. The number of nitrogens with zero attached hydrogens (tertiary/aromatic N) is 2. The standard InChI is InChI=1S/C23H19N3O4S/c1-14-21(29-18-10-5-4-9-17(18)28-14)23(27)24-16-8-3-2-7-15(16)13-20-25-22(26-30-20)19-11-6-12-31-19/h2-12,14,21H,13H2,1H3,(H,24,27)/t14-,21-/m1/s1. The monoisotopic (exact) mass is 433 g/mol. The lowest BCUT2D eigenvalue weighted by Crippen LogP contribution is -2.46. The number of hydrogen-bond acceptors (Lipinski definition) is 7. The van der Waals surface area contributed by atoms with Crippen molar-refractivity contribution < 1.29 is 18.8 Å². The molecule has 156 valence electrons. The van der Waals surface area contributed by atoms with Crippen LogP contribution >= 0.6 is 11.3 Å². The van der Waals surface area contributed by atoms with Gasteiger partial charge < -0.3 is 19.3 Å². The van der Waals surface area contributed by atoms with Crippen LogP contribution in [0.25, 0.3) is 10.7 Å². The maximum Gasteiger partial charge on any atom is 0.269 e. The Balaban J connectivity index is 1.32. The highest BCUT2D eigenvalue weighted by Gasteiger charge is 2.34. The first kappa shape index (κ1) is 19.3. The molecule has 0 saturated carbocycles. The summed E-state index contributed by atoms with van der Waals surface area (Å²) in [6, 6.07) is 18.7. The second-order valence-corrected chi connectivity index (χ2v) is 8.07. The first-order chi connectivity index (χ1) is 15.2. The minimum Gasteiger partial charge on any atom is -0.482 e. The van der Waals surface area contributed by atoms with Gasteiger partial charge in [-0.1, -0.05) is 41.6 Å². The summed E-state index contributed by atoms with van der Waals surface area (Å²) in [5.41, 5.74) is 1.53. The van der Waals surface area contributed by atoms with Gasteiger partial charge in [-0.25, -0.2) is 0 Å². The van der Waals surface area contributed by atoms with Crippen LogP contribution in [0.2, 0.25) is 0 Å². The summed E-state index contributed by atoms with van der Waals surface area (Å²) in [6.45, 7) is 1.82. The van der Waals surface area contributed by atoms with Gasteiger partial charge in [0.05, 0.1) is 11.3 Å². The van der Waals surface area contributed by atoms with Gasteiger partial charge in [-0.2, -0.15) is 4.98 Å². The van der Waals surface area contributed by atoms with Crippen LogP contribution in [0.3, 0.4) is 0 Å². The predicted molar refractivity (Wildman–Crippen MR) is 116 cm³/mol. The molecule has 7 nitrogen and oxygen atoms in total. The molecule has 5 rings (SSSR count). The molecule has 0 spiro atoms.